The average Bonchev–Trinajstić information content (AvgIpc) is 3.13. The first-order chi connectivity index (χ1) is 17.1. The Morgan fingerprint density at radius 2 is 1.89 bits per heavy atom. The van der Waals surface area contributed by atoms with Crippen LogP contribution in [0.2, 0.25) is 0 Å². The van der Waals surface area contributed by atoms with Gasteiger partial charge in [-0.15, -0.1) is 0 Å². The van der Waals surface area contributed by atoms with E-state index in [1.165, 1.54) is 6.20 Å². The molecule has 0 unspecified atom stereocenters. The zero-order valence-corrected chi connectivity index (χ0v) is 19.1. The number of nitrogens with zero attached hydrogens (tertiary/aromatic N) is 4. The molecular formula is C24H20F4N6O2. The highest BCUT2D eigenvalue weighted by Gasteiger charge is 2.34. The fraction of sp³-hybridized carbons (Fsp3) is 0.167. The summed E-state index contributed by atoms with van der Waals surface area (Å²) < 4.78 is 54.4. The summed E-state index contributed by atoms with van der Waals surface area (Å²) in [5.74, 6) is -1.48. The highest BCUT2D eigenvalue weighted by atomic mass is 19.4. The molecule has 0 saturated heterocycles. The molecule has 4 aromatic rings. The van der Waals surface area contributed by atoms with Crippen molar-refractivity contribution in [1.82, 2.24) is 14.8 Å². The van der Waals surface area contributed by atoms with Crippen molar-refractivity contribution < 1.29 is 27.2 Å². The number of amides is 3. The summed E-state index contributed by atoms with van der Waals surface area (Å²) in [6, 6.07) is 10.3. The van der Waals surface area contributed by atoms with E-state index < -0.39 is 23.6 Å². The topological polar surface area (TPSA) is 92.2 Å². The van der Waals surface area contributed by atoms with Gasteiger partial charge in [-0.1, -0.05) is 30.3 Å². The van der Waals surface area contributed by atoms with Gasteiger partial charge in [0, 0.05) is 19.3 Å². The van der Waals surface area contributed by atoms with Gasteiger partial charge in [-0.05, 0) is 30.7 Å². The largest absolute Gasteiger partial charge is 0.419 e. The molecule has 186 valence electrons. The van der Waals surface area contributed by atoms with Crippen LogP contribution in [0, 0.1) is 12.7 Å². The van der Waals surface area contributed by atoms with Crippen LogP contribution in [0.4, 0.5) is 39.4 Å². The second kappa shape index (κ2) is 9.64. The molecule has 2 heterocycles. The maximum absolute atomic E-state index is 13.6. The summed E-state index contributed by atoms with van der Waals surface area (Å²) >= 11 is 0. The van der Waals surface area contributed by atoms with Crippen molar-refractivity contribution in [3.63, 3.8) is 0 Å². The molecule has 0 atom stereocenters. The van der Waals surface area contributed by atoms with Crippen LogP contribution in [0.15, 0.2) is 54.7 Å². The van der Waals surface area contributed by atoms with E-state index in [1.807, 2.05) is 30.3 Å². The summed E-state index contributed by atoms with van der Waals surface area (Å²) in [6.07, 6.45) is -3.46. The molecule has 3 amide bonds. The van der Waals surface area contributed by atoms with Crippen LogP contribution in [-0.2, 0) is 24.6 Å². The number of benzene rings is 2. The first-order valence-corrected chi connectivity index (χ1v) is 10.6. The Morgan fingerprint density at radius 3 is 2.56 bits per heavy atom. The van der Waals surface area contributed by atoms with Gasteiger partial charge in [-0.25, -0.2) is 19.1 Å². The van der Waals surface area contributed by atoms with Gasteiger partial charge in [0.25, 0.3) is 0 Å². The second-order valence-electron chi connectivity index (χ2n) is 7.86. The van der Waals surface area contributed by atoms with Crippen LogP contribution in [0.1, 0.15) is 16.8 Å². The standard InChI is InChI=1S/C24H20F4N6O2/c1-14-20-21(29-11-15-6-4-3-5-7-15)19(12-30-22(20)33(2)32-14)34(13-35)23(36)31-16-8-9-18(25)17(10-16)24(26,27)28/h3-10,12-13H,11H2,1-2H3,(H,29,30)(H,31,36). The molecule has 2 N–H and O–H groups in total. The predicted octanol–water partition coefficient (Wildman–Crippen LogP) is 5.24. The van der Waals surface area contributed by atoms with Crippen LogP contribution in [-0.4, -0.2) is 27.2 Å². The Kier molecular flexibility index (Phi) is 6.60. The van der Waals surface area contributed by atoms with E-state index in [9.17, 15) is 27.2 Å². The van der Waals surface area contributed by atoms with E-state index >= 15 is 0 Å². The van der Waals surface area contributed by atoms with Crippen LogP contribution >= 0.6 is 0 Å². The number of fused-ring (bicyclic) bond motifs is 1. The average molecular weight is 500 g/mol. The molecule has 8 nitrogen and oxygen atoms in total. The van der Waals surface area contributed by atoms with E-state index in [4.69, 9.17) is 0 Å². The first-order valence-electron chi connectivity index (χ1n) is 10.6. The lowest BCUT2D eigenvalue weighted by Crippen LogP contribution is -2.34. The molecule has 0 aliphatic heterocycles. The number of hydrogen-bond acceptors (Lipinski definition) is 5. The fourth-order valence-electron chi connectivity index (χ4n) is 3.77. The van der Waals surface area contributed by atoms with Gasteiger partial charge >= 0.3 is 12.2 Å². The van der Waals surface area contributed by atoms with Gasteiger partial charge in [0.2, 0.25) is 6.41 Å². The summed E-state index contributed by atoms with van der Waals surface area (Å²) in [7, 11) is 1.69. The summed E-state index contributed by atoms with van der Waals surface area (Å²) in [5, 5.41) is 10.3. The van der Waals surface area contributed by atoms with Crippen molar-refractivity contribution in [2.75, 3.05) is 15.5 Å². The number of anilines is 3. The quantitative estimate of drug-likeness (QED) is 0.279. The van der Waals surface area contributed by atoms with Crippen LogP contribution in [0.25, 0.3) is 11.0 Å². The van der Waals surface area contributed by atoms with Gasteiger partial charge in [0.1, 0.15) is 5.82 Å². The number of aryl methyl sites for hydroxylation is 2. The Balaban J connectivity index is 1.72. The molecule has 0 saturated carbocycles. The fourth-order valence-corrected chi connectivity index (χ4v) is 3.77. The molecule has 0 aliphatic rings. The Hall–Kier alpha value is -4.48. The lowest BCUT2D eigenvalue weighted by molar-refractivity contribution is -0.139. The molecule has 0 radical (unpaired) electrons. The van der Waals surface area contributed by atoms with Crippen molar-refractivity contribution in [2.45, 2.75) is 19.6 Å². The normalized spacial score (nSPS) is 11.4. The maximum atomic E-state index is 13.6. The van der Waals surface area contributed by atoms with Crippen LogP contribution in [0.5, 0.6) is 0 Å². The third kappa shape index (κ3) is 4.83. The number of hydrogen-bond donors (Lipinski definition) is 2. The molecule has 0 bridgehead atoms. The third-order valence-electron chi connectivity index (χ3n) is 5.43. The molecule has 4 rings (SSSR count). The number of aromatic nitrogens is 3. The molecule has 2 aromatic heterocycles. The number of nitrogens with one attached hydrogen (secondary N) is 2. The number of carbonyl (C=O) groups excluding carboxylic acids is 2. The smallest absolute Gasteiger partial charge is 0.379 e. The van der Waals surface area contributed by atoms with Crippen molar-refractivity contribution >= 4 is 40.5 Å². The predicted molar refractivity (Wildman–Crippen MR) is 126 cm³/mol. The number of pyridine rings is 1. The second-order valence-corrected chi connectivity index (χ2v) is 7.86. The highest BCUT2D eigenvalue weighted by molar-refractivity contribution is 6.16. The van der Waals surface area contributed by atoms with Gasteiger partial charge in [-0.3, -0.25) is 9.48 Å². The minimum atomic E-state index is -4.96. The number of alkyl halides is 3. The number of imide groups is 1. The Morgan fingerprint density at radius 1 is 1.17 bits per heavy atom. The van der Waals surface area contributed by atoms with Gasteiger partial charge < -0.3 is 10.6 Å². The molecule has 0 aliphatic carbocycles. The van der Waals surface area contributed by atoms with E-state index in [0.29, 0.717) is 46.0 Å². The number of urea groups is 1. The molecule has 12 heteroatoms. The SMILES string of the molecule is Cc1nn(C)c2ncc(N(C=O)C(=O)Nc3ccc(F)c(C(F)(F)F)c3)c(NCc3ccccc3)c12. The molecule has 2 aromatic carbocycles. The Bertz CT molecular complexity index is 1440. The minimum Gasteiger partial charge on any atom is -0.379 e. The Labute approximate surface area is 202 Å². The summed E-state index contributed by atoms with van der Waals surface area (Å²) in [5.41, 5.74) is 0.543. The first kappa shape index (κ1) is 24.6. The van der Waals surface area contributed by atoms with Gasteiger partial charge in [0.05, 0.1) is 34.2 Å². The highest BCUT2D eigenvalue weighted by Crippen LogP contribution is 2.36. The molecular weight excluding hydrogens is 480 g/mol. The minimum absolute atomic E-state index is 0.0557. The van der Waals surface area contributed by atoms with Crippen LogP contribution < -0.4 is 15.5 Å². The van der Waals surface area contributed by atoms with Gasteiger partial charge in [0.15, 0.2) is 5.65 Å². The van der Waals surface area contributed by atoms with E-state index in [-0.39, 0.29) is 17.8 Å². The third-order valence-corrected chi connectivity index (χ3v) is 5.43. The number of halogens is 4. The lowest BCUT2D eigenvalue weighted by Gasteiger charge is -2.21. The number of rotatable bonds is 6. The monoisotopic (exact) mass is 500 g/mol. The van der Waals surface area contributed by atoms with E-state index in [1.54, 1.807) is 18.7 Å². The van der Waals surface area contributed by atoms with Crippen molar-refractivity contribution in [2.24, 2.45) is 7.05 Å². The lowest BCUT2D eigenvalue weighted by atomic mass is 10.1. The molecule has 0 fully saturated rings. The van der Waals surface area contributed by atoms with E-state index in [0.717, 1.165) is 11.6 Å². The van der Waals surface area contributed by atoms with E-state index in [2.05, 4.69) is 20.7 Å². The van der Waals surface area contributed by atoms with Crippen LogP contribution in [0.3, 0.4) is 0 Å². The molecule has 36 heavy (non-hydrogen) atoms. The van der Waals surface area contributed by atoms with Crippen molar-refractivity contribution in [3.05, 3.63) is 77.4 Å². The zero-order valence-electron chi connectivity index (χ0n) is 19.1. The zero-order chi connectivity index (χ0) is 26.0. The maximum Gasteiger partial charge on any atom is 0.419 e. The summed E-state index contributed by atoms with van der Waals surface area (Å²) in [6.45, 7) is 2.08. The number of carbonyl (C=O) groups is 2. The summed E-state index contributed by atoms with van der Waals surface area (Å²) in [4.78, 5) is 30.0. The molecule has 0 spiro atoms. The van der Waals surface area contributed by atoms with Crippen molar-refractivity contribution in [1.29, 1.82) is 0 Å². The van der Waals surface area contributed by atoms with Gasteiger partial charge in [-0.2, -0.15) is 18.3 Å². The van der Waals surface area contributed by atoms with Crippen molar-refractivity contribution in [3.8, 4) is 0 Å².